The Balaban J connectivity index is 1.71. The van der Waals surface area contributed by atoms with Gasteiger partial charge in [0.1, 0.15) is 24.1 Å². The summed E-state index contributed by atoms with van der Waals surface area (Å²) < 4.78 is 13.7. The van der Waals surface area contributed by atoms with Crippen LogP contribution in [0, 0.1) is 13.8 Å². The van der Waals surface area contributed by atoms with Crippen molar-refractivity contribution in [1.29, 1.82) is 0 Å². The monoisotopic (exact) mass is 385 g/mol. The number of carbonyl (C=O) groups is 1. The summed E-state index contributed by atoms with van der Waals surface area (Å²) in [6, 6.07) is 9.90. The molecule has 3 rings (SSSR count). The predicted molar refractivity (Wildman–Crippen MR) is 103 cm³/mol. The van der Waals surface area contributed by atoms with E-state index in [-0.39, 0.29) is 18.7 Å². The van der Waals surface area contributed by atoms with Gasteiger partial charge in [0.2, 0.25) is 0 Å². The van der Waals surface area contributed by atoms with E-state index in [0.717, 1.165) is 11.4 Å². The molecule has 0 bridgehead atoms. The molecule has 3 aromatic rings. The molecule has 1 aromatic carbocycles. The first-order valence-electron chi connectivity index (χ1n) is 9.04. The molecule has 0 aliphatic rings. The Morgan fingerprint density at radius 3 is 2.79 bits per heavy atom. The van der Waals surface area contributed by atoms with Crippen LogP contribution in [0.5, 0.6) is 5.75 Å². The van der Waals surface area contributed by atoms with Crippen LogP contribution in [0.2, 0.25) is 0 Å². The largest absolute Gasteiger partial charge is 0.491 e. The van der Waals surface area contributed by atoms with Gasteiger partial charge < -0.3 is 19.1 Å². The Bertz CT molecular complexity index is 1050. The maximum absolute atomic E-state index is 12.1. The molecule has 1 N–H and O–H groups in total. The molecule has 0 amide bonds. The molecule has 8 heteroatoms. The Morgan fingerprint density at radius 1 is 1.25 bits per heavy atom. The summed E-state index contributed by atoms with van der Waals surface area (Å²) in [5.74, 6) is 0.0439. The van der Waals surface area contributed by atoms with Gasteiger partial charge in [0, 0.05) is 17.8 Å². The van der Waals surface area contributed by atoms with Crippen LogP contribution in [0.25, 0.3) is 5.65 Å². The normalized spacial score (nSPS) is 12.1. The van der Waals surface area contributed by atoms with Crippen LogP contribution in [0.1, 0.15) is 28.7 Å². The third-order valence-electron chi connectivity index (χ3n) is 4.24. The number of nitrogens with zero attached hydrogens (tertiary/aromatic N) is 3. The van der Waals surface area contributed by atoms with Crippen LogP contribution in [0.4, 0.5) is 0 Å². The molecule has 2 heterocycles. The molecular weight excluding hydrogens is 362 g/mol. The number of esters is 1. The van der Waals surface area contributed by atoms with E-state index < -0.39 is 12.1 Å². The highest BCUT2D eigenvalue weighted by Gasteiger charge is 2.14. The molecule has 0 spiro atoms. The van der Waals surface area contributed by atoms with Crippen molar-refractivity contribution >= 4 is 11.6 Å². The highest BCUT2D eigenvalue weighted by atomic mass is 16.5. The number of ether oxygens (including phenoxy) is 2. The second kappa shape index (κ2) is 8.26. The van der Waals surface area contributed by atoms with Crippen molar-refractivity contribution in [2.24, 2.45) is 0 Å². The SMILES string of the molecule is CCOC(=O)c1cccc(OC[C@@H](O)Cn2c(C)cc(=O)n3nc(C)cc23)c1. The van der Waals surface area contributed by atoms with Gasteiger partial charge in [-0.3, -0.25) is 4.79 Å². The maximum Gasteiger partial charge on any atom is 0.338 e. The highest BCUT2D eigenvalue weighted by molar-refractivity contribution is 5.89. The summed E-state index contributed by atoms with van der Waals surface area (Å²) in [6.07, 6.45) is -0.827. The van der Waals surface area contributed by atoms with Crippen LogP contribution in [0.15, 0.2) is 41.2 Å². The summed E-state index contributed by atoms with van der Waals surface area (Å²) in [7, 11) is 0. The summed E-state index contributed by atoms with van der Waals surface area (Å²) in [5.41, 5.74) is 2.24. The first-order chi connectivity index (χ1) is 13.4. The first kappa shape index (κ1) is 19.6. The smallest absolute Gasteiger partial charge is 0.338 e. The molecular formula is C20H23N3O5. The summed E-state index contributed by atoms with van der Waals surface area (Å²) in [6.45, 7) is 5.91. The van der Waals surface area contributed by atoms with Gasteiger partial charge >= 0.3 is 5.97 Å². The van der Waals surface area contributed by atoms with Gasteiger partial charge in [-0.1, -0.05) is 6.07 Å². The molecule has 0 fully saturated rings. The number of hydrogen-bond acceptors (Lipinski definition) is 6. The molecule has 0 aliphatic heterocycles. The van der Waals surface area contributed by atoms with Crippen LogP contribution < -0.4 is 10.3 Å². The highest BCUT2D eigenvalue weighted by Crippen LogP contribution is 2.15. The number of hydrogen-bond donors (Lipinski definition) is 1. The van der Waals surface area contributed by atoms with E-state index in [1.165, 1.54) is 10.6 Å². The van der Waals surface area contributed by atoms with E-state index in [4.69, 9.17) is 9.47 Å². The standard InChI is InChI=1S/C20H23N3O5/c1-4-27-20(26)15-6-5-7-17(10-15)28-12-16(24)11-22-14(3)9-19(25)23-18(22)8-13(2)21-23/h5-10,16,24H,4,11-12H2,1-3H3/t16-/m0/s1. The van der Waals surface area contributed by atoms with Crippen molar-refractivity contribution < 1.29 is 19.4 Å². The van der Waals surface area contributed by atoms with Crippen molar-refractivity contribution in [2.45, 2.75) is 33.4 Å². The lowest BCUT2D eigenvalue weighted by Gasteiger charge is -2.17. The van der Waals surface area contributed by atoms with Crippen molar-refractivity contribution in [3.05, 3.63) is 63.7 Å². The van der Waals surface area contributed by atoms with Crippen molar-refractivity contribution in [2.75, 3.05) is 13.2 Å². The van der Waals surface area contributed by atoms with Gasteiger partial charge in [-0.2, -0.15) is 9.61 Å². The minimum atomic E-state index is -0.827. The number of aliphatic hydroxyl groups excluding tert-OH is 1. The zero-order valence-corrected chi connectivity index (χ0v) is 16.1. The fourth-order valence-corrected chi connectivity index (χ4v) is 2.96. The van der Waals surface area contributed by atoms with E-state index >= 15 is 0 Å². The van der Waals surface area contributed by atoms with Gasteiger partial charge in [-0.05, 0) is 39.0 Å². The van der Waals surface area contributed by atoms with Crippen LogP contribution in [0.3, 0.4) is 0 Å². The van der Waals surface area contributed by atoms with Gasteiger partial charge in [0.15, 0.2) is 0 Å². The molecule has 1 atom stereocenters. The quantitative estimate of drug-likeness (QED) is 0.623. The summed E-state index contributed by atoms with van der Waals surface area (Å²) in [4.78, 5) is 23.9. The zero-order valence-electron chi connectivity index (χ0n) is 16.1. The summed E-state index contributed by atoms with van der Waals surface area (Å²) >= 11 is 0. The molecule has 0 radical (unpaired) electrons. The fraction of sp³-hybridized carbons (Fsp3) is 0.350. The summed E-state index contributed by atoms with van der Waals surface area (Å²) in [5, 5.41) is 14.6. The lowest BCUT2D eigenvalue weighted by atomic mass is 10.2. The van der Waals surface area contributed by atoms with E-state index in [9.17, 15) is 14.7 Å². The predicted octanol–water partition coefficient (Wildman–Crippen LogP) is 1.73. The van der Waals surface area contributed by atoms with E-state index in [2.05, 4.69) is 5.10 Å². The number of fused-ring (bicyclic) bond motifs is 1. The number of carbonyl (C=O) groups excluding carboxylic acids is 1. The second-order valence-corrected chi connectivity index (χ2v) is 6.50. The molecule has 0 unspecified atom stereocenters. The number of rotatable bonds is 7. The second-order valence-electron chi connectivity index (χ2n) is 6.50. The van der Waals surface area contributed by atoms with Crippen LogP contribution in [-0.2, 0) is 11.3 Å². The lowest BCUT2D eigenvalue weighted by Crippen LogP contribution is -2.27. The molecule has 0 saturated carbocycles. The molecule has 28 heavy (non-hydrogen) atoms. The Hall–Kier alpha value is -3.13. The third-order valence-corrected chi connectivity index (χ3v) is 4.24. The minimum absolute atomic E-state index is 0.0249. The number of aromatic nitrogens is 3. The van der Waals surface area contributed by atoms with Crippen molar-refractivity contribution in [1.82, 2.24) is 14.2 Å². The van der Waals surface area contributed by atoms with Gasteiger partial charge in [-0.25, -0.2) is 4.79 Å². The number of aliphatic hydroxyl groups is 1. The zero-order chi connectivity index (χ0) is 20.3. The van der Waals surface area contributed by atoms with Gasteiger partial charge in [-0.15, -0.1) is 0 Å². The molecule has 2 aromatic heterocycles. The molecule has 8 nitrogen and oxygen atoms in total. The van der Waals surface area contributed by atoms with Crippen molar-refractivity contribution in [3.8, 4) is 5.75 Å². The Labute approximate surface area is 161 Å². The topological polar surface area (TPSA) is 95.1 Å². The molecule has 148 valence electrons. The fourth-order valence-electron chi connectivity index (χ4n) is 2.96. The van der Waals surface area contributed by atoms with Gasteiger partial charge in [0.25, 0.3) is 5.56 Å². The van der Waals surface area contributed by atoms with E-state index in [1.54, 1.807) is 44.2 Å². The van der Waals surface area contributed by atoms with Crippen molar-refractivity contribution in [3.63, 3.8) is 0 Å². The Morgan fingerprint density at radius 2 is 2.04 bits per heavy atom. The van der Waals surface area contributed by atoms with Crippen LogP contribution >= 0.6 is 0 Å². The molecule has 0 aliphatic carbocycles. The molecule has 0 saturated heterocycles. The average Bonchev–Trinajstić information content (AvgIpc) is 3.06. The average molecular weight is 385 g/mol. The maximum atomic E-state index is 12.1. The lowest BCUT2D eigenvalue weighted by molar-refractivity contribution is 0.0525. The first-order valence-corrected chi connectivity index (χ1v) is 9.04. The Kier molecular flexibility index (Phi) is 5.79. The van der Waals surface area contributed by atoms with Gasteiger partial charge in [0.05, 0.1) is 24.4 Å². The van der Waals surface area contributed by atoms with E-state index in [0.29, 0.717) is 23.6 Å². The number of aryl methyl sites for hydroxylation is 2. The third kappa shape index (κ3) is 4.23. The minimum Gasteiger partial charge on any atom is -0.491 e. The van der Waals surface area contributed by atoms with Crippen LogP contribution in [-0.4, -0.2) is 44.6 Å². The number of benzene rings is 1. The van der Waals surface area contributed by atoms with E-state index in [1.807, 2.05) is 11.5 Å².